The zero-order valence-corrected chi connectivity index (χ0v) is 9.63. The molecule has 2 atom stereocenters. The fourth-order valence-electron chi connectivity index (χ4n) is 1.99. The molecule has 13 heavy (non-hydrogen) atoms. The first-order valence-electron chi connectivity index (χ1n) is 5.23. The minimum atomic E-state index is 0.0197. The van der Waals surface area contributed by atoms with Crippen LogP contribution in [0.25, 0.3) is 0 Å². The quantitative estimate of drug-likeness (QED) is 0.654. The first kappa shape index (κ1) is 11.0. The van der Waals surface area contributed by atoms with Crippen LogP contribution in [0.15, 0.2) is 0 Å². The highest BCUT2D eigenvalue weighted by molar-refractivity contribution is 4.82. The Morgan fingerprint density at radius 1 is 1.15 bits per heavy atom. The maximum absolute atomic E-state index is 5.95. The smallest absolute Gasteiger partial charge is 0.0602 e. The summed E-state index contributed by atoms with van der Waals surface area (Å²) < 4.78 is 5.95. The van der Waals surface area contributed by atoms with E-state index in [2.05, 4.69) is 39.8 Å². The van der Waals surface area contributed by atoms with Gasteiger partial charge in [-0.25, -0.2) is 0 Å². The summed E-state index contributed by atoms with van der Waals surface area (Å²) in [4.78, 5) is 2.31. The number of ether oxygens (including phenoxy) is 1. The molecule has 0 amide bonds. The average Bonchev–Trinajstić information content (AvgIpc) is 2.31. The standard InChI is InChI=1S/C11H23NO/c1-11(2,3)13-10-7-6-9(8-10)12(4)5/h9-10H,6-8H2,1-5H3/t9-,10+/m0/s1. The summed E-state index contributed by atoms with van der Waals surface area (Å²) in [5, 5.41) is 0. The van der Waals surface area contributed by atoms with E-state index in [1.165, 1.54) is 19.3 Å². The Balaban J connectivity index is 2.33. The summed E-state index contributed by atoms with van der Waals surface area (Å²) >= 11 is 0. The predicted molar refractivity (Wildman–Crippen MR) is 56.0 cm³/mol. The predicted octanol–water partition coefficient (Wildman–Crippen LogP) is 2.28. The molecule has 0 radical (unpaired) electrons. The van der Waals surface area contributed by atoms with Crippen molar-refractivity contribution in [3.05, 3.63) is 0 Å². The van der Waals surface area contributed by atoms with Gasteiger partial charge >= 0.3 is 0 Å². The van der Waals surface area contributed by atoms with Crippen LogP contribution in [0.3, 0.4) is 0 Å². The van der Waals surface area contributed by atoms with Crippen LogP contribution in [0.2, 0.25) is 0 Å². The van der Waals surface area contributed by atoms with Gasteiger partial charge in [0, 0.05) is 6.04 Å². The topological polar surface area (TPSA) is 12.5 Å². The second kappa shape index (κ2) is 3.97. The van der Waals surface area contributed by atoms with Crippen molar-refractivity contribution in [2.45, 2.75) is 57.8 Å². The molecule has 0 bridgehead atoms. The minimum absolute atomic E-state index is 0.0197. The third-order valence-electron chi connectivity index (χ3n) is 2.61. The number of rotatable bonds is 2. The van der Waals surface area contributed by atoms with Crippen molar-refractivity contribution >= 4 is 0 Å². The summed E-state index contributed by atoms with van der Waals surface area (Å²) in [7, 11) is 4.31. The van der Waals surface area contributed by atoms with E-state index in [1.807, 2.05) is 0 Å². The SMILES string of the molecule is CN(C)[C@H]1CC[C@@H](OC(C)(C)C)C1. The summed E-state index contributed by atoms with van der Waals surface area (Å²) in [6, 6.07) is 0.729. The van der Waals surface area contributed by atoms with Crippen LogP contribution in [-0.4, -0.2) is 36.7 Å². The molecule has 0 saturated heterocycles. The lowest BCUT2D eigenvalue weighted by molar-refractivity contribution is -0.0578. The van der Waals surface area contributed by atoms with E-state index in [0.717, 1.165) is 6.04 Å². The molecule has 2 nitrogen and oxygen atoms in total. The van der Waals surface area contributed by atoms with Crippen LogP contribution in [0.5, 0.6) is 0 Å². The van der Waals surface area contributed by atoms with Gasteiger partial charge in [-0.3, -0.25) is 0 Å². The van der Waals surface area contributed by atoms with Crippen LogP contribution in [0, 0.1) is 0 Å². The van der Waals surface area contributed by atoms with Crippen LogP contribution in [0.1, 0.15) is 40.0 Å². The Labute approximate surface area is 82.3 Å². The highest BCUT2D eigenvalue weighted by atomic mass is 16.5. The van der Waals surface area contributed by atoms with E-state index in [1.54, 1.807) is 0 Å². The first-order valence-corrected chi connectivity index (χ1v) is 5.23. The maximum Gasteiger partial charge on any atom is 0.0602 e. The van der Waals surface area contributed by atoms with Crippen LogP contribution >= 0.6 is 0 Å². The molecule has 1 aliphatic carbocycles. The van der Waals surface area contributed by atoms with Crippen molar-refractivity contribution in [3.63, 3.8) is 0 Å². The molecule has 0 aromatic heterocycles. The van der Waals surface area contributed by atoms with Gasteiger partial charge in [-0.15, -0.1) is 0 Å². The lowest BCUT2D eigenvalue weighted by Gasteiger charge is -2.25. The molecule has 0 heterocycles. The van der Waals surface area contributed by atoms with Gasteiger partial charge in [-0.05, 0) is 54.1 Å². The Hall–Kier alpha value is -0.0800. The lowest BCUT2D eigenvalue weighted by atomic mass is 10.1. The Morgan fingerprint density at radius 3 is 2.15 bits per heavy atom. The van der Waals surface area contributed by atoms with Gasteiger partial charge in [0.15, 0.2) is 0 Å². The van der Waals surface area contributed by atoms with Gasteiger partial charge in [0.1, 0.15) is 0 Å². The molecular weight excluding hydrogens is 162 g/mol. The summed E-state index contributed by atoms with van der Waals surface area (Å²) in [5.41, 5.74) is 0.0197. The molecule has 1 saturated carbocycles. The van der Waals surface area contributed by atoms with E-state index in [4.69, 9.17) is 4.74 Å². The molecule has 1 rings (SSSR count). The zero-order valence-electron chi connectivity index (χ0n) is 9.63. The number of hydrogen-bond donors (Lipinski definition) is 0. The van der Waals surface area contributed by atoms with E-state index < -0.39 is 0 Å². The van der Waals surface area contributed by atoms with Crippen molar-refractivity contribution < 1.29 is 4.74 Å². The van der Waals surface area contributed by atoms with Gasteiger partial charge in [0.25, 0.3) is 0 Å². The van der Waals surface area contributed by atoms with Crippen LogP contribution < -0.4 is 0 Å². The Kier molecular flexibility index (Phi) is 3.36. The molecule has 0 aromatic carbocycles. The average molecular weight is 185 g/mol. The van der Waals surface area contributed by atoms with Crippen LogP contribution in [0.4, 0.5) is 0 Å². The molecule has 0 unspecified atom stereocenters. The summed E-state index contributed by atoms with van der Waals surface area (Å²) in [6.07, 6.45) is 4.19. The molecular formula is C11H23NO. The third kappa shape index (κ3) is 3.65. The summed E-state index contributed by atoms with van der Waals surface area (Å²) in [6.45, 7) is 6.40. The van der Waals surface area contributed by atoms with Gasteiger partial charge < -0.3 is 9.64 Å². The van der Waals surface area contributed by atoms with Gasteiger partial charge in [0.2, 0.25) is 0 Å². The van der Waals surface area contributed by atoms with Gasteiger partial charge in [-0.1, -0.05) is 0 Å². The lowest BCUT2D eigenvalue weighted by Crippen LogP contribution is -2.29. The number of nitrogens with zero attached hydrogens (tertiary/aromatic N) is 1. The van der Waals surface area contributed by atoms with Crippen molar-refractivity contribution in [3.8, 4) is 0 Å². The van der Waals surface area contributed by atoms with Crippen molar-refractivity contribution in [2.75, 3.05) is 14.1 Å². The second-order valence-corrected chi connectivity index (χ2v) is 5.28. The van der Waals surface area contributed by atoms with E-state index in [0.29, 0.717) is 6.10 Å². The van der Waals surface area contributed by atoms with E-state index in [-0.39, 0.29) is 5.60 Å². The molecule has 78 valence electrons. The number of hydrogen-bond acceptors (Lipinski definition) is 2. The van der Waals surface area contributed by atoms with Crippen molar-refractivity contribution in [1.82, 2.24) is 4.90 Å². The molecule has 1 aliphatic rings. The Bertz CT molecular complexity index is 160. The largest absolute Gasteiger partial charge is 0.373 e. The molecule has 2 heteroatoms. The van der Waals surface area contributed by atoms with Gasteiger partial charge in [0.05, 0.1) is 11.7 Å². The Morgan fingerprint density at radius 2 is 1.77 bits per heavy atom. The normalized spacial score (nSPS) is 30.0. The highest BCUT2D eigenvalue weighted by Gasteiger charge is 2.29. The van der Waals surface area contributed by atoms with Crippen molar-refractivity contribution in [2.24, 2.45) is 0 Å². The molecule has 0 aliphatic heterocycles. The first-order chi connectivity index (χ1) is 5.88. The second-order valence-electron chi connectivity index (χ2n) is 5.28. The zero-order chi connectivity index (χ0) is 10.1. The highest BCUT2D eigenvalue weighted by Crippen LogP contribution is 2.28. The van der Waals surface area contributed by atoms with E-state index >= 15 is 0 Å². The molecule has 1 fully saturated rings. The summed E-state index contributed by atoms with van der Waals surface area (Å²) in [5.74, 6) is 0. The fourth-order valence-corrected chi connectivity index (χ4v) is 1.99. The molecule has 0 spiro atoms. The van der Waals surface area contributed by atoms with E-state index in [9.17, 15) is 0 Å². The minimum Gasteiger partial charge on any atom is -0.373 e. The maximum atomic E-state index is 5.95. The fraction of sp³-hybridized carbons (Fsp3) is 1.00. The monoisotopic (exact) mass is 185 g/mol. The van der Waals surface area contributed by atoms with Crippen LogP contribution in [-0.2, 0) is 4.74 Å². The third-order valence-corrected chi connectivity index (χ3v) is 2.61. The van der Waals surface area contributed by atoms with Crippen molar-refractivity contribution in [1.29, 1.82) is 0 Å². The molecule has 0 N–H and O–H groups in total. The molecule has 0 aromatic rings. The van der Waals surface area contributed by atoms with Gasteiger partial charge in [-0.2, -0.15) is 0 Å².